The molecule has 0 amide bonds. The van der Waals surface area contributed by atoms with Gasteiger partial charge in [-0.15, -0.1) is 0 Å². The molecule has 122 valence electrons. The standard InChI is InChI=1S/C17H24N6/c1-4-15-18-9-11(20-15)7-13-14(23-17(6-3)22-13)8-12-10-19-16(5-2)21-12/h9-10H,4-8H2,1-3H3,(H,18,20)(H,19,21)(H,22,23). The Kier molecular flexibility index (Phi) is 4.60. The van der Waals surface area contributed by atoms with Crippen LogP contribution in [-0.2, 0) is 32.1 Å². The fourth-order valence-electron chi connectivity index (χ4n) is 2.69. The van der Waals surface area contributed by atoms with Gasteiger partial charge in [-0.1, -0.05) is 20.8 Å². The number of hydrogen-bond donors (Lipinski definition) is 3. The normalized spacial score (nSPS) is 11.3. The van der Waals surface area contributed by atoms with E-state index in [0.717, 1.165) is 72.4 Å². The number of aryl methyl sites for hydroxylation is 3. The van der Waals surface area contributed by atoms with Crippen LogP contribution in [0.3, 0.4) is 0 Å². The summed E-state index contributed by atoms with van der Waals surface area (Å²) in [7, 11) is 0. The first-order chi connectivity index (χ1) is 11.2. The Labute approximate surface area is 136 Å². The molecule has 3 aromatic rings. The van der Waals surface area contributed by atoms with Gasteiger partial charge in [-0.05, 0) is 0 Å². The van der Waals surface area contributed by atoms with Crippen molar-refractivity contribution in [3.8, 4) is 0 Å². The van der Waals surface area contributed by atoms with E-state index in [1.54, 1.807) is 0 Å². The molecule has 6 heteroatoms. The number of aromatic amines is 3. The molecular weight excluding hydrogens is 288 g/mol. The molecule has 0 aromatic carbocycles. The number of H-pyrrole nitrogens is 3. The first-order valence-corrected chi connectivity index (χ1v) is 8.33. The second-order valence-electron chi connectivity index (χ2n) is 5.73. The van der Waals surface area contributed by atoms with Gasteiger partial charge in [0.1, 0.15) is 17.5 Å². The minimum atomic E-state index is 0.771. The lowest BCUT2D eigenvalue weighted by molar-refractivity contribution is 0.939. The maximum absolute atomic E-state index is 4.74. The van der Waals surface area contributed by atoms with Crippen LogP contribution >= 0.6 is 0 Å². The molecule has 3 aromatic heterocycles. The number of aromatic nitrogens is 6. The predicted octanol–water partition coefficient (Wildman–Crippen LogP) is 2.72. The molecular formula is C17H24N6. The zero-order chi connectivity index (χ0) is 16.2. The van der Waals surface area contributed by atoms with Crippen molar-refractivity contribution in [1.29, 1.82) is 0 Å². The topological polar surface area (TPSA) is 86.0 Å². The first-order valence-electron chi connectivity index (χ1n) is 8.33. The smallest absolute Gasteiger partial charge is 0.106 e. The summed E-state index contributed by atoms with van der Waals surface area (Å²) in [6.45, 7) is 6.31. The van der Waals surface area contributed by atoms with Gasteiger partial charge in [0.05, 0.1) is 5.69 Å². The lowest BCUT2D eigenvalue weighted by atomic mass is 10.1. The van der Waals surface area contributed by atoms with E-state index in [0.29, 0.717) is 0 Å². The fraction of sp³-hybridized carbons (Fsp3) is 0.471. The van der Waals surface area contributed by atoms with Crippen LogP contribution in [0.25, 0.3) is 0 Å². The van der Waals surface area contributed by atoms with E-state index in [4.69, 9.17) is 4.98 Å². The lowest BCUT2D eigenvalue weighted by Crippen LogP contribution is -1.98. The second-order valence-corrected chi connectivity index (χ2v) is 5.73. The van der Waals surface area contributed by atoms with Gasteiger partial charge in [0.15, 0.2) is 0 Å². The molecule has 0 unspecified atom stereocenters. The van der Waals surface area contributed by atoms with E-state index in [-0.39, 0.29) is 0 Å². The molecule has 0 atom stereocenters. The number of rotatable bonds is 7. The van der Waals surface area contributed by atoms with Crippen molar-refractivity contribution in [2.45, 2.75) is 52.9 Å². The molecule has 3 N–H and O–H groups in total. The third kappa shape index (κ3) is 3.52. The van der Waals surface area contributed by atoms with Gasteiger partial charge in [-0.25, -0.2) is 15.0 Å². The summed E-state index contributed by atoms with van der Waals surface area (Å²) in [6.07, 6.45) is 8.14. The number of imidazole rings is 3. The predicted molar refractivity (Wildman–Crippen MR) is 89.5 cm³/mol. The van der Waals surface area contributed by atoms with E-state index in [1.807, 2.05) is 12.4 Å². The van der Waals surface area contributed by atoms with Crippen molar-refractivity contribution >= 4 is 0 Å². The molecule has 0 fully saturated rings. The summed E-state index contributed by atoms with van der Waals surface area (Å²) in [4.78, 5) is 23.7. The summed E-state index contributed by atoms with van der Waals surface area (Å²) in [6, 6.07) is 0. The monoisotopic (exact) mass is 312 g/mol. The molecule has 0 aliphatic carbocycles. The molecule has 0 saturated carbocycles. The van der Waals surface area contributed by atoms with Gasteiger partial charge in [0.25, 0.3) is 0 Å². The summed E-state index contributed by atoms with van der Waals surface area (Å²) in [5, 5.41) is 0. The number of hydrogen-bond acceptors (Lipinski definition) is 3. The zero-order valence-electron chi connectivity index (χ0n) is 14.0. The molecule has 0 bridgehead atoms. The van der Waals surface area contributed by atoms with E-state index in [9.17, 15) is 0 Å². The third-order valence-electron chi connectivity index (χ3n) is 4.01. The highest BCUT2D eigenvalue weighted by atomic mass is 15.0. The summed E-state index contributed by atoms with van der Waals surface area (Å²) in [5.74, 6) is 3.08. The van der Waals surface area contributed by atoms with Crippen molar-refractivity contribution in [3.63, 3.8) is 0 Å². The highest BCUT2D eigenvalue weighted by Gasteiger charge is 2.13. The zero-order valence-corrected chi connectivity index (χ0v) is 14.0. The average molecular weight is 312 g/mol. The van der Waals surface area contributed by atoms with E-state index >= 15 is 0 Å². The molecule has 0 aliphatic heterocycles. The SMILES string of the molecule is CCc1ncc(Cc2nc(CC)[nH]c2Cc2cnc(CC)[nH]2)[nH]1. The molecule has 0 aliphatic rings. The van der Waals surface area contributed by atoms with Crippen LogP contribution in [0.5, 0.6) is 0 Å². The first kappa shape index (κ1) is 15.5. The Balaban J connectivity index is 1.82. The van der Waals surface area contributed by atoms with Gasteiger partial charge in [0, 0.05) is 61.6 Å². The van der Waals surface area contributed by atoms with Crippen LogP contribution in [0, 0.1) is 0 Å². The largest absolute Gasteiger partial charge is 0.346 e. The third-order valence-corrected chi connectivity index (χ3v) is 4.01. The Bertz CT molecular complexity index is 702. The molecule has 0 saturated heterocycles. The number of nitrogens with one attached hydrogen (secondary N) is 3. The molecule has 3 rings (SSSR count). The van der Waals surface area contributed by atoms with Crippen molar-refractivity contribution in [3.05, 3.63) is 52.6 Å². The minimum Gasteiger partial charge on any atom is -0.346 e. The van der Waals surface area contributed by atoms with E-state index in [2.05, 4.69) is 45.7 Å². The summed E-state index contributed by atoms with van der Waals surface area (Å²) < 4.78 is 0. The molecule has 0 spiro atoms. The average Bonchev–Trinajstić information content (AvgIpc) is 3.28. The van der Waals surface area contributed by atoms with Crippen LogP contribution in [0.2, 0.25) is 0 Å². The Morgan fingerprint density at radius 3 is 1.83 bits per heavy atom. The maximum atomic E-state index is 4.74. The second kappa shape index (κ2) is 6.81. The highest BCUT2D eigenvalue weighted by Crippen LogP contribution is 2.16. The Morgan fingerprint density at radius 2 is 1.30 bits per heavy atom. The summed E-state index contributed by atoms with van der Waals surface area (Å²) in [5.41, 5.74) is 4.46. The van der Waals surface area contributed by atoms with Crippen LogP contribution in [0.4, 0.5) is 0 Å². The maximum Gasteiger partial charge on any atom is 0.106 e. The van der Waals surface area contributed by atoms with Crippen LogP contribution < -0.4 is 0 Å². The van der Waals surface area contributed by atoms with E-state index < -0.39 is 0 Å². The molecule has 3 heterocycles. The molecule has 6 nitrogen and oxygen atoms in total. The van der Waals surface area contributed by atoms with Crippen LogP contribution in [0.15, 0.2) is 12.4 Å². The summed E-state index contributed by atoms with van der Waals surface area (Å²) >= 11 is 0. The quantitative estimate of drug-likeness (QED) is 0.627. The number of nitrogens with zero attached hydrogens (tertiary/aromatic N) is 3. The van der Waals surface area contributed by atoms with Gasteiger partial charge >= 0.3 is 0 Å². The van der Waals surface area contributed by atoms with Gasteiger partial charge < -0.3 is 15.0 Å². The Morgan fingerprint density at radius 1 is 0.739 bits per heavy atom. The Hall–Kier alpha value is -2.37. The van der Waals surface area contributed by atoms with Gasteiger partial charge in [-0.2, -0.15) is 0 Å². The van der Waals surface area contributed by atoms with Crippen molar-refractivity contribution in [1.82, 2.24) is 29.9 Å². The fourth-order valence-corrected chi connectivity index (χ4v) is 2.69. The lowest BCUT2D eigenvalue weighted by Gasteiger charge is -2.00. The van der Waals surface area contributed by atoms with Crippen molar-refractivity contribution in [2.75, 3.05) is 0 Å². The minimum absolute atomic E-state index is 0.771. The highest BCUT2D eigenvalue weighted by molar-refractivity contribution is 5.25. The van der Waals surface area contributed by atoms with E-state index in [1.165, 1.54) is 0 Å². The molecule has 0 radical (unpaired) electrons. The van der Waals surface area contributed by atoms with Gasteiger partial charge in [0.2, 0.25) is 0 Å². The van der Waals surface area contributed by atoms with Crippen molar-refractivity contribution < 1.29 is 0 Å². The van der Waals surface area contributed by atoms with Gasteiger partial charge in [-0.3, -0.25) is 0 Å². The van der Waals surface area contributed by atoms with Crippen LogP contribution in [-0.4, -0.2) is 29.9 Å². The molecule has 23 heavy (non-hydrogen) atoms. The van der Waals surface area contributed by atoms with Crippen molar-refractivity contribution in [2.24, 2.45) is 0 Å². The van der Waals surface area contributed by atoms with Crippen LogP contribution in [0.1, 0.15) is 61.0 Å².